The number of aromatic amines is 1. The molecule has 14 heteroatoms. The van der Waals surface area contributed by atoms with Crippen molar-refractivity contribution in [1.29, 1.82) is 0 Å². The van der Waals surface area contributed by atoms with Crippen molar-refractivity contribution in [3.8, 4) is 11.5 Å². The summed E-state index contributed by atoms with van der Waals surface area (Å²) < 4.78 is 123. The van der Waals surface area contributed by atoms with E-state index in [9.17, 15) is 39.9 Å². The zero-order valence-electron chi connectivity index (χ0n) is 19.2. The first-order valence-electron chi connectivity index (χ1n) is 10.6. The molecule has 1 aliphatic rings. The van der Waals surface area contributed by atoms with Crippen LogP contribution in [0.25, 0.3) is 10.9 Å². The summed E-state index contributed by atoms with van der Waals surface area (Å²) in [7, 11) is 1.09. The van der Waals surface area contributed by atoms with Gasteiger partial charge in [0.1, 0.15) is 34.8 Å². The van der Waals surface area contributed by atoms with E-state index >= 15 is 0 Å². The summed E-state index contributed by atoms with van der Waals surface area (Å²) in [5, 5.41) is -0.478. The van der Waals surface area contributed by atoms with Gasteiger partial charge in [-0.1, -0.05) is 13.0 Å². The second-order valence-electron chi connectivity index (χ2n) is 8.64. The molecule has 4 atom stereocenters. The van der Waals surface area contributed by atoms with Crippen molar-refractivity contribution in [2.24, 2.45) is 5.92 Å². The summed E-state index contributed by atoms with van der Waals surface area (Å²) >= 11 is 0. The maximum atomic E-state index is 14.4. The Morgan fingerprint density at radius 3 is 2.35 bits per heavy atom. The first-order valence-corrected chi connectivity index (χ1v) is 10.6. The summed E-state index contributed by atoms with van der Waals surface area (Å²) in [6.07, 6.45) is -11.6. The number of aromatic nitrogens is 2. The third kappa shape index (κ3) is 4.69. The number of ether oxygens (including phenoxy) is 3. The van der Waals surface area contributed by atoms with Crippen LogP contribution in [-0.4, -0.2) is 35.2 Å². The highest BCUT2D eigenvalue weighted by molar-refractivity contribution is 5.78. The van der Waals surface area contributed by atoms with Crippen molar-refractivity contribution in [2.75, 3.05) is 7.11 Å². The Kier molecular flexibility index (Phi) is 6.37. The largest absolute Gasteiger partial charge is 0.573 e. The number of benzene rings is 2. The zero-order chi connectivity index (χ0) is 27.5. The molecule has 1 aromatic heterocycles. The molecule has 0 unspecified atom stereocenters. The second-order valence-corrected chi connectivity index (χ2v) is 8.64. The van der Waals surface area contributed by atoms with Crippen LogP contribution < -0.4 is 15.0 Å². The molecule has 2 heterocycles. The summed E-state index contributed by atoms with van der Waals surface area (Å²) in [5.41, 5.74) is -4.46. The van der Waals surface area contributed by atoms with Crippen molar-refractivity contribution in [2.45, 2.75) is 44.0 Å². The normalized spacial score (nSPS) is 24.5. The monoisotopic (exact) mass is 538 g/mol. The Labute approximate surface area is 203 Å². The average Bonchev–Trinajstić information content (AvgIpc) is 3.05. The minimum atomic E-state index is -5.04. The number of alkyl halides is 6. The minimum absolute atomic E-state index is 0.00942. The first kappa shape index (κ1) is 26.6. The summed E-state index contributed by atoms with van der Waals surface area (Å²) in [5.74, 6) is -6.43. The molecule has 2 aromatic carbocycles. The maximum absolute atomic E-state index is 14.4. The lowest BCUT2D eigenvalue weighted by Gasteiger charge is -2.32. The number of H-pyrrole nitrogens is 1. The quantitative estimate of drug-likeness (QED) is 0.418. The lowest BCUT2D eigenvalue weighted by molar-refractivity contribution is -0.275. The molecule has 3 aromatic rings. The Bertz CT molecular complexity index is 1400. The van der Waals surface area contributed by atoms with Crippen LogP contribution in [0.2, 0.25) is 0 Å². The van der Waals surface area contributed by atoms with E-state index in [2.05, 4.69) is 14.7 Å². The van der Waals surface area contributed by atoms with Gasteiger partial charge in [0.05, 0.1) is 12.5 Å². The van der Waals surface area contributed by atoms with Crippen molar-refractivity contribution in [1.82, 2.24) is 9.97 Å². The molecule has 4 rings (SSSR count). The van der Waals surface area contributed by atoms with E-state index in [-0.39, 0.29) is 11.3 Å². The molecule has 1 N–H and O–H groups in total. The minimum Gasteiger partial charge on any atom is -0.496 e. The van der Waals surface area contributed by atoms with Crippen LogP contribution in [0.3, 0.4) is 0 Å². The molecular formula is C23H18F8N2O4. The third-order valence-electron chi connectivity index (χ3n) is 6.48. The molecule has 0 spiro atoms. The predicted molar refractivity (Wildman–Crippen MR) is 112 cm³/mol. The van der Waals surface area contributed by atoms with E-state index in [4.69, 9.17) is 9.47 Å². The molecule has 6 nitrogen and oxygen atoms in total. The van der Waals surface area contributed by atoms with Gasteiger partial charge in [-0.15, -0.1) is 13.2 Å². The SMILES string of the molecule is COc1cc(OC(F)(F)F)ccc1[C@H]1[C@H](c2nc3c(F)cc(F)cc3c(=O)[nH]2)O[C@@](C)(C(F)(F)F)[C@H]1C. The molecular weight excluding hydrogens is 520 g/mol. The molecule has 200 valence electrons. The van der Waals surface area contributed by atoms with Crippen molar-refractivity contribution in [3.63, 3.8) is 0 Å². The van der Waals surface area contributed by atoms with Crippen LogP contribution in [0.15, 0.2) is 35.1 Å². The van der Waals surface area contributed by atoms with E-state index in [1.807, 2.05) is 0 Å². The fourth-order valence-electron chi connectivity index (χ4n) is 4.52. The molecule has 0 saturated carbocycles. The number of hydrogen-bond donors (Lipinski definition) is 1. The van der Waals surface area contributed by atoms with E-state index in [0.29, 0.717) is 12.1 Å². The number of rotatable bonds is 4. The van der Waals surface area contributed by atoms with Crippen molar-refractivity contribution in [3.05, 3.63) is 63.7 Å². The Hall–Kier alpha value is -3.42. The maximum Gasteiger partial charge on any atom is 0.573 e. The number of nitrogens with zero attached hydrogens (tertiary/aromatic N) is 1. The van der Waals surface area contributed by atoms with Gasteiger partial charge in [-0.25, -0.2) is 13.8 Å². The van der Waals surface area contributed by atoms with Crippen LogP contribution in [0.5, 0.6) is 11.5 Å². The van der Waals surface area contributed by atoms with Gasteiger partial charge in [-0.05, 0) is 19.1 Å². The van der Waals surface area contributed by atoms with Gasteiger partial charge in [0.25, 0.3) is 5.56 Å². The average molecular weight is 538 g/mol. The third-order valence-corrected chi connectivity index (χ3v) is 6.48. The van der Waals surface area contributed by atoms with Gasteiger partial charge < -0.3 is 19.2 Å². The number of nitrogens with one attached hydrogen (secondary N) is 1. The lowest BCUT2D eigenvalue weighted by Crippen LogP contribution is -2.46. The topological polar surface area (TPSA) is 73.4 Å². The molecule has 0 amide bonds. The van der Waals surface area contributed by atoms with E-state index in [1.165, 1.54) is 6.92 Å². The van der Waals surface area contributed by atoms with Gasteiger partial charge in [-0.3, -0.25) is 4.79 Å². The van der Waals surface area contributed by atoms with Crippen molar-refractivity contribution >= 4 is 10.9 Å². The van der Waals surface area contributed by atoms with Crippen LogP contribution >= 0.6 is 0 Å². The highest BCUT2D eigenvalue weighted by Gasteiger charge is 2.65. The summed E-state index contributed by atoms with van der Waals surface area (Å²) in [6.45, 7) is 1.97. The van der Waals surface area contributed by atoms with E-state index in [1.54, 1.807) is 0 Å². The molecule has 1 aliphatic heterocycles. The summed E-state index contributed by atoms with van der Waals surface area (Å²) in [6, 6.07) is 3.98. The second kappa shape index (κ2) is 8.85. The Morgan fingerprint density at radius 1 is 1.08 bits per heavy atom. The van der Waals surface area contributed by atoms with Crippen LogP contribution in [0.4, 0.5) is 35.1 Å². The standard InChI is InChI=1S/C23H18F8N2O4/c1-9-16(12-5-4-11(8-15(12)35-3)36-23(29,30)31)18(37-21(9,2)22(26,27)28)19-32-17-13(20(34)33-19)6-10(24)7-14(17)25/h4-9,16,18H,1-3H3,(H,32,33,34)/t9-,16-,18+,21+/m0/s1. The number of halogens is 8. The number of fused-ring (bicyclic) bond motifs is 1. The number of hydrogen-bond acceptors (Lipinski definition) is 5. The van der Waals surface area contributed by atoms with Gasteiger partial charge in [0.2, 0.25) is 0 Å². The lowest BCUT2D eigenvalue weighted by atomic mass is 9.77. The van der Waals surface area contributed by atoms with Crippen LogP contribution in [0, 0.1) is 17.6 Å². The Balaban J connectivity index is 1.91. The molecule has 1 saturated heterocycles. The Morgan fingerprint density at radius 2 is 1.76 bits per heavy atom. The molecule has 1 fully saturated rings. The fourth-order valence-corrected chi connectivity index (χ4v) is 4.52. The molecule has 0 aliphatic carbocycles. The highest BCUT2D eigenvalue weighted by atomic mass is 19.4. The van der Waals surface area contributed by atoms with Crippen LogP contribution in [0.1, 0.15) is 37.3 Å². The fraction of sp³-hybridized carbons (Fsp3) is 0.391. The first-order chi connectivity index (χ1) is 17.1. The smallest absolute Gasteiger partial charge is 0.496 e. The highest BCUT2D eigenvalue weighted by Crippen LogP contribution is 2.59. The van der Waals surface area contributed by atoms with Gasteiger partial charge in [-0.2, -0.15) is 13.2 Å². The molecule has 0 bridgehead atoms. The van der Waals surface area contributed by atoms with Crippen molar-refractivity contribution < 1.29 is 49.3 Å². The molecule has 37 heavy (non-hydrogen) atoms. The van der Waals surface area contributed by atoms with Gasteiger partial charge in [0.15, 0.2) is 11.4 Å². The van der Waals surface area contributed by atoms with Crippen LogP contribution in [-0.2, 0) is 4.74 Å². The number of methoxy groups -OCH3 is 1. The molecule has 0 radical (unpaired) electrons. The van der Waals surface area contributed by atoms with Gasteiger partial charge in [0, 0.05) is 29.5 Å². The predicted octanol–water partition coefficient (Wildman–Crippen LogP) is 5.92. The zero-order valence-corrected chi connectivity index (χ0v) is 19.2. The van der Waals surface area contributed by atoms with E-state index in [0.717, 1.165) is 32.2 Å². The van der Waals surface area contributed by atoms with E-state index < -0.39 is 75.8 Å². The summed E-state index contributed by atoms with van der Waals surface area (Å²) in [4.78, 5) is 18.8. The van der Waals surface area contributed by atoms with Gasteiger partial charge >= 0.3 is 12.5 Å².